The molecule has 0 radical (unpaired) electrons. The summed E-state index contributed by atoms with van der Waals surface area (Å²) in [6, 6.07) is 2.84. The number of carbonyl (C=O) groups excluding carboxylic acids is 1. The smallest absolute Gasteiger partial charge is 0.278 e. The SMILES string of the molecule is CNC(=O)c1ccc([N+](=O)[O-])c(C(F)F)c1. The van der Waals surface area contributed by atoms with E-state index in [0.29, 0.717) is 0 Å². The lowest BCUT2D eigenvalue weighted by molar-refractivity contribution is -0.386. The minimum atomic E-state index is -3.00. The van der Waals surface area contributed by atoms with Gasteiger partial charge in [0.2, 0.25) is 0 Å². The van der Waals surface area contributed by atoms with Crippen LogP contribution in [0.15, 0.2) is 18.2 Å². The molecular formula is C9H8F2N2O3. The Bertz CT molecular complexity index is 435. The second-order valence-corrected chi connectivity index (χ2v) is 2.91. The molecule has 7 heteroatoms. The van der Waals surface area contributed by atoms with Gasteiger partial charge in [0.25, 0.3) is 18.0 Å². The van der Waals surface area contributed by atoms with E-state index < -0.39 is 28.5 Å². The molecule has 0 aromatic heterocycles. The van der Waals surface area contributed by atoms with E-state index in [1.165, 1.54) is 7.05 Å². The average Bonchev–Trinajstić information content (AvgIpc) is 2.26. The highest BCUT2D eigenvalue weighted by atomic mass is 19.3. The quantitative estimate of drug-likeness (QED) is 0.636. The van der Waals surface area contributed by atoms with Gasteiger partial charge in [-0.1, -0.05) is 0 Å². The van der Waals surface area contributed by atoms with Gasteiger partial charge in [-0.3, -0.25) is 14.9 Å². The lowest BCUT2D eigenvalue weighted by Gasteiger charge is -2.04. The zero-order valence-corrected chi connectivity index (χ0v) is 8.24. The van der Waals surface area contributed by atoms with Crippen LogP contribution in [-0.2, 0) is 0 Å². The van der Waals surface area contributed by atoms with Crippen LogP contribution in [0.4, 0.5) is 14.5 Å². The van der Waals surface area contributed by atoms with E-state index >= 15 is 0 Å². The van der Waals surface area contributed by atoms with Crippen molar-refractivity contribution in [1.29, 1.82) is 0 Å². The van der Waals surface area contributed by atoms with Gasteiger partial charge in [-0.05, 0) is 12.1 Å². The number of nitrogens with zero attached hydrogens (tertiary/aromatic N) is 1. The Balaban J connectivity index is 3.28. The highest BCUT2D eigenvalue weighted by Crippen LogP contribution is 2.29. The van der Waals surface area contributed by atoms with Crippen LogP contribution in [0, 0.1) is 10.1 Å². The molecule has 0 fully saturated rings. The van der Waals surface area contributed by atoms with Gasteiger partial charge in [-0.15, -0.1) is 0 Å². The molecule has 0 saturated carbocycles. The van der Waals surface area contributed by atoms with E-state index in [4.69, 9.17) is 0 Å². The summed E-state index contributed by atoms with van der Waals surface area (Å²) in [7, 11) is 1.34. The van der Waals surface area contributed by atoms with E-state index in [1.807, 2.05) is 0 Å². The number of carbonyl (C=O) groups is 1. The lowest BCUT2D eigenvalue weighted by Crippen LogP contribution is -2.18. The summed E-state index contributed by atoms with van der Waals surface area (Å²) >= 11 is 0. The summed E-state index contributed by atoms with van der Waals surface area (Å²) in [6.45, 7) is 0. The second-order valence-electron chi connectivity index (χ2n) is 2.91. The van der Waals surface area contributed by atoms with Crippen LogP contribution in [0.25, 0.3) is 0 Å². The zero-order valence-electron chi connectivity index (χ0n) is 8.24. The van der Waals surface area contributed by atoms with E-state index in [0.717, 1.165) is 18.2 Å². The first kappa shape index (κ1) is 12.0. The predicted octanol–water partition coefficient (Wildman–Crippen LogP) is 1.89. The zero-order chi connectivity index (χ0) is 12.3. The molecule has 0 aliphatic heterocycles. The largest absolute Gasteiger partial charge is 0.355 e. The number of hydrogen-bond acceptors (Lipinski definition) is 3. The number of halogens is 2. The Morgan fingerprint density at radius 3 is 2.56 bits per heavy atom. The molecule has 1 aromatic carbocycles. The standard InChI is InChI=1S/C9H8F2N2O3/c1-12-9(14)5-2-3-7(13(15)16)6(4-5)8(10)11/h2-4,8H,1H3,(H,12,14). The maximum atomic E-state index is 12.5. The average molecular weight is 230 g/mol. The third kappa shape index (κ3) is 2.30. The summed E-state index contributed by atoms with van der Waals surface area (Å²) in [5, 5.41) is 12.7. The molecule has 1 N–H and O–H groups in total. The number of nitrogens with one attached hydrogen (secondary N) is 1. The van der Waals surface area contributed by atoms with Gasteiger partial charge in [0.15, 0.2) is 0 Å². The lowest BCUT2D eigenvalue weighted by atomic mass is 10.1. The molecule has 16 heavy (non-hydrogen) atoms. The second kappa shape index (κ2) is 4.65. The van der Waals surface area contributed by atoms with E-state index in [1.54, 1.807) is 0 Å². The summed E-state index contributed by atoms with van der Waals surface area (Å²) in [6.07, 6.45) is -3.00. The number of amides is 1. The van der Waals surface area contributed by atoms with Crippen LogP contribution in [0.2, 0.25) is 0 Å². The summed E-state index contributed by atoms with van der Waals surface area (Å²) in [4.78, 5) is 20.7. The first-order valence-electron chi connectivity index (χ1n) is 4.26. The molecule has 0 atom stereocenters. The molecule has 5 nitrogen and oxygen atoms in total. The van der Waals surface area contributed by atoms with Crippen molar-refractivity contribution in [3.8, 4) is 0 Å². The Kier molecular flexibility index (Phi) is 3.49. The third-order valence-electron chi connectivity index (χ3n) is 1.95. The van der Waals surface area contributed by atoms with Gasteiger partial charge in [0.1, 0.15) is 0 Å². The summed E-state index contributed by atoms with van der Waals surface area (Å²) in [5.74, 6) is -0.572. The molecule has 0 unspecified atom stereocenters. The van der Waals surface area contributed by atoms with Crippen molar-refractivity contribution in [3.63, 3.8) is 0 Å². The van der Waals surface area contributed by atoms with Crippen LogP contribution in [0.1, 0.15) is 22.3 Å². The Morgan fingerprint density at radius 1 is 1.50 bits per heavy atom. The Labute approximate surface area is 89.2 Å². The molecule has 0 spiro atoms. The highest BCUT2D eigenvalue weighted by molar-refractivity contribution is 5.94. The normalized spacial score (nSPS) is 10.2. The van der Waals surface area contributed by atoms with Crippen molar-refractivity contribution < 1.29 is 18.5 Å². The monoisotopic (exact) mass is 230 g/mol. The fraction of sp³-hybridized carbons (Fsp3) is 0.222. The van der Waals surface area contributed by atoms with Crippen molar-refractivity contribution in [3.05, 3.63) is 39.4 Å². The maximum Gasteiger partial charge on any atom is 0.278 e. The number of alkyl halides is 2. The summed E-state index contributed by atoms with van der Waals surface area (Å²) in [5.41, 5.74) is -1.49. The van der Waals surface area contributed by atoms with Gasteiger partial charge in [0, 0.05) is 18.7 Å². The maximum absolute atomic E-state index is 12.5. The van der Waals surface area contributed by atoms with Crippen LogP contribution in [-0.4, -0.2) is 17.9 Å². The van der Waals surface area contributed by atoms with Gasteiger partial charge in [-0.25, -0.2) is 8.78 Å². The minimum Gasteiger partial charge on any atom is -0.355 e. The number of nitro groups is 1. The van der Waals surface area contributed by atoms with Crippen molar-refractivity contribution in [2.24, 2.45) is 0 Å². The topological polar surface area (TPSA) is 72.2 Å². The van der Waals surface area contributed by atoms with Gasteiger partial charge in [0.05, 0.1) is 10.5 Å². The summed E-state index contributed by atoms with van der Waals surface area (Å²) < 4.78 is 25.0. The van der Waals surface area contributed by atoms with Crippen molar-refractivity contribution >= 4 is 11.6 Å². The minimum absolute atomic E-state index is 0.0385. The molecule has 86 valence electrons. The van der Waals surface area contributed by atoms with Gasteiger partial charge < -0.3 is 5.32 Å². The number of benzene rings is 1. The molecular weight excluding hydrogens is 222 g/mol. The highest BCUT2D eigenvalue weighted by Gasteiger charge is 2.22. The third-order valence-corrected chi connectivity index (χ3v) is 1.95. The fourth-order valence-electron chi connectivity index (χ4n) is 1.18. The van der Waals surface area contributed by atoms with Crippen molar-refractivity contribution in [1.82, 2.24) is 5.32 Å². The number of nitro benzene ring substituents is 1. The van der Waals surface area contributed by atoms with E-state index in [2.05, 4.69) is 5.32 Å². The fourth-order valence-corrected chi connectivity index (χ4v) is 1.18. The molecule has 1 rings (SSSR count). The van der Waals surface area contributed by atoms with Crippen LogP contribution in [0.5, 0.6) is 0 Å². The molecule has 1 amide bonds. The van der Waals surface area contributed by atoms with E-state index in [9.17, 15) is 23.7 Å². The number of hydrogen-bond donors (Lipinski definition) is 1. The first-order chi connectivity index (χ1) is 7.47. The van der Waals surface area contributed by atoms with E-state index in [-0.39, 0.29) is 5.56 Å². The van der Waals surface area contributed by atoms with Crippen LogP contribution < -0.4 is 5.32 Å². The van der Waals surface area contributed by atoms with Crippen LogP contribution >= 0.6 is 0 Å². The van der Waals surface area contributed by atoms with Gasteiger partial charge in [-0.2, -0.15) is 0 Å². The first-order valence-corrected chi connectivity index (χ1v) is 4.26. The molecule has 0 bridgehead atoms. The molecule has 0 heterocycles. The van der Waals surface area contributed by atoms with Gasteiger partial charge >= 0.3 is 0 Å². The molecule has 0 saturated heterocycles. The van der Waals surface area contributed by atoms with Crippen molar-refractivity contribution in [2.75, 3.05) is 7.05 Å². The van der Waals surface area contributed by atoms with Crippen LogP contribution in [0.3, 0.4) is 0 Å². The number of rotatable bonds is 3. The molecule has 1 aromatic rings. The predicted molar refractivity (Wildman–Crippen MR) is 51.4 cm³/mol. The Hall–Kier alpha value is -2.05. The Morgan fingerprint density at radius 2 is 2.12 bits per heavy atom. The molecule has 0 aliphatic rings. The van der Waals surface area contributed by atoms with Crippen molar-refractivity contribution in [2.45, 2.75) is 6.43 Å². The molecule has 0 aliphatic carbocycles.